The Morgan fingerprint density at radius 1 is 1.22 bits per heavy atom. The lowest BCUT2D eigenvalue weighted by Gasteiger charge is -2.46. The molecule has 104 valence electrons. The summed E-state index contributed by atoms with van der Waals surface area (Å²) in [5.74, 6) is -0.740. The molecule has 5 heteroatoms. The molecule has 2 aliphatic rings. The van der Waals surface area contributed by atoms with Crippen LogP contribution in [0.25, 0.3) is 0 Å². The molecule has 0 aromatic carbocycles. The highest BCUT2D eigenvalue weighted by Gasteiger charge is 2.59. The molecule has 0 aromatic rings. The Hall–Kier alpha value is -0.460. The number of ether oxygens (including phenoxy) is 4. The monoisotopic (exact) mass is 258 g/mol. The van der Waals surface area contributed by atoms with Crippen LogP contribution >= 0.6 is 0 Å². The summed E-state index contributed by atoms with van der Waals surface area (Å²) in [7, 11) is 1.61. The summed E-state index contributed by atoms with van der Waals surface area (Å²) in [6, 6.07) is 0. The van der Waals surface area contributed by atoms with Crippen LogP contribution in [0.4, 0.5) is 0 Å². The molecule has 0 amide bonds. The van der Waals surface area contributed by atoms with Gasteiger partial charge in [-0.05, 0) is 27.2 Å². The van der Waals surface area contributed by atoms with Crippen LogP contribution in [-0.4, -0.2) is 48.2 Å². The molecule has 0 aliphatic carbocycles. The highest BCUT2D eigenvalue weighted by Crippen LogP contribution is 2.42. The molecule has 5 unspecified atom stereocenters. The highest BCUT2D eigenvalue weighted by atomic mass is 16.8. The van der Waals surface area contributed by atoms with E-state index in [-0.39, 0.29) is 12.2 Å². The third-order valence-corrected chi connectivity index (χ3v) is 3.54. The van der Waals surface area contributed by atoms with Gasteiger partial charge >= 0.3 is 0 Å². The maximum Gasteiger partial charge on any atom is 0.184 e. The van der Waals surface area contributed by atoms with E-state index in [1.807, 2.05) is 20.8 Å². The maximum atomic E-state index is 10.1. The van der Waals surface area contributed by atoms with Crippen molar-refractivity contribution in [3.63, 3.8) is 0 Å². The second-order valence-electron chi connectivity index (χ2n) is 5.53. The third-order valence-electron chi connectivity index (χ3n) is 3.54. The van der Waals surface area contributed by atoms with Crippen molar-refractivity contribution in [2.45, 2.75) is 63.2 Å². The normalized spacial score (nSPS) is 46.7. The van der Waals surface area contributed by atoms with Crippen LogP contribution in [0, 0.1) is 0 Å². The first-order chi connectivity index (χ1) is 8.33. The Morgan fingerprint density at radius 2 is 1.83 bits per heavy atom. The Kier molecular flexibility index (Phi) is 3.55. The third kappa shape index (κ3) is 2.21. The second-order valence-corrected chi connectivity index (χ2v) is 5.53. The van der Waals surface area contributed by atoms with Gasteiger partial charge in [-0.1, -0.05) is 6.08 Å². The molecule has 2 rings (SSSR count). The first-order valence-electron chi connectivity index (χ1n) is 6.18. The van der Waals surface area contributed by atoms with Crippen molar-refractivity contribution in [2.24, 2.45) is 0 Å². The van der Waals surface area contributed by atoms with Crippen molar-refractivity contribution in [3.8, 4) is 0 Å². The van der Waals surface area contributed by atoms with Gasteiger partial charge in [0.25, 0.3) is 0 Å². The molecule has 0 spiro atoms. The van der Waals surface area contributed by atoms with Gasteiger partial charge in [0, 0.05) is 7.11 Å². The summed E-state index contributed by atoms with van der Waals surface area (Å²) in [6.07, 6.45) is 0.107. The van der Waals surface area contributed by atoms with Crippen LogP contribution in [0.15, 0.2) is 12.7 Å². The zero-order valence-corrected chi connectivity index (χ0v) is 11.4. The maximum absolute atomic E-state index is 10.1. The van der Waals surface area contributed by atoms with Gasteiger partial charge in [-0.2, -0.15) is 0 Å². The molecule has 2 aliphatic heterocycles. The molecular weight excluding hydrogens is 236 g/mol. The van der Waals surface area contributed by atoms with Crippen LogP contribution in [-0.2, 0) is 18.9 Å². The summed E-state index contributed by atoms with van der Waals surface area (Å²) >= 11 is 0. The molecule has 0 radical (unpaired) electrons. The van der Waals surface area contributed by atoms with Crippen LogP contribution < -0.4 is 0 Å². The molecule has 5 atom stereocenters. The predicted octanol–water partition coefficient (Wildman–Crippen LogP) is 1.20. The van der Waals surface area contributed by atoms with Crippen LogP contribution in [0.2, 0.25) is 0 Å². The lowest BCUT2D eigenvalue weighted by molar-refractivity contribution is -0.297. The minimum absolute atomic E-state index is 0.314. The fourth-order valence-corrected chi connectivity index (χ4v) is 2.86. The number of aliphatic hydroxyl groups is 1. The molecule has 18 heavy (non-hydrogen) atoms. The average Bonchev–Trinajstić information content (AvgIpc) is 2.54. The highest BCUT2D eigenvalue weighted by molar-refractivity contribution is 5.04. The molecule has 2 saturated heterocycles. The summed E-state index contributed by atoms with van der Waals surface area (Å²) in [4.78, 5) is 0. The van der Waals surface area contributed by atoms with Crippen LogP contribution in [0.5, 0.6) is 0 Å². The summed E-state index contributed by atoms with van der Waals surface area (Å²) in [5.41, 5.74) is -0.666. The van der Waals surface area contributed by atoms with Gasteiger partial charge in [0.1, 0.15) is 23.9 Å². The summed E-state index contributed by atoms with van der Waals surface area (Å²) in [5, 5.41) is 10.1. The van der Waals surface area contributed by atoms with E-state index in [1.165, 1.54) is 0 Å². The number of methoxy groups -OCH3 is 1. The number of aliphatic hydroxyl groups excluding tert-OH is 1. The van der Waals surface area contributed by atoms with E-state index in [0.29, 0.717) is 6.42 Å². The van der Waals surface area contributed by atoms with E-state index in [1.54, 1.807) is 13.2 Å². The Morgan fingerprint density at radius 3 is 2.39 bits per heavy atom. The van der Waals surface area contributed by atoms with E-state index in [2.05, 4.69) is 6.58 Å². The van der Waals surface area contributed by atoms with Gasteiger partial charge in [-0.3, -0.25) is 0 Å². The molecular formula is C13H22O5. The average molecular weight is 258 g/mol. The van der Waals surface area contributed by atoms with E-state index < -0.39 is 23.8 Å². The van der Waals surface area contributed by atoms with Crippen molar-refractivity contribution < 1.29 is 24.1 Å². The second kappa shape index (κ2) is 4.58. The lowest BCUT2D eigenvalue weighted by atomic mass is 9.85. The fraction of sp³-hybridized carbons (Fsp3) is 0.846. The van der Waals surface area contributed by atoms with Gasteiger partial charge in [-0.15, -0.1) is 6.58 Å². The molecule has 0 saturated carbocycles. The van der Waals surface area contributed by atoms with Crippen molar-refractivity contribution in [3.05, 3.63) is 12.7 Å². The Labute approximate surface area is 108 Å². The zero-order chi connectivity index (χ0) is 13.6. The topological polar surface area (TPSA) is 57.2 Å². The molecule has 0 bridgehead atoms. The lowest BCUT2D eigenvalue weighted by Crippen LogP contribution is -2.62. The van der Waals surface area contributed by atoms with Crippen LogP contribution in [0.3, 0.4) is 0 Å². The Balaban J connectivity index is 2.28. The summed E-state index contributed by atoms with van der Waals surface area (Å²) < 4.78 is 22.7. The van der Waals surface area contributed by atoms with Crippen molar-refractivity contribution >= 4 is 0 Å². The van der Waals surface area contributed by atoms with Gasteiger partial charge < -0.3 is 24.1 Å². The molecule has 5 nitrogen and oxygen atoms in total. The minimum Gasteiger partial charge on any atom is -0.376 e. The van der Waals surface area contributed by atoms with Crippen molar-refractivity contribution in [1.82, 2.24) is 0 Å². The van der Waals surface area contributed by atoms with E-state index in [0.717, 1.165) is 0 Å². The van der Waals surface area contributed by atoms with E-state index >= 15 is 0 Å². The smallest absolute Gasteiger partial charge is 0.184 e. The van der Waals surface area contributed by atoms with Crippen molar-refractivity contribution in [2.75, 3.05) is 7.11 Å². The van der Waals surface area contributed by atoms with Gasteiger partial charge in [0.05, 0.1) is 0 Å². The van der Waals surface area contributed by atoms with E-state index in [4.69, 9.17) is 18.9 Å². The fourth-order valence-electron chi connectivity index (χ4n) is 2.86. The van der Waals surface area contributed by atoms with Crippen molar-refractivity contribution in [1.29, 1.82) is 0 Å². The van der Waals surface area contributed by atoms with Gasteiger partial charge in [-0.25, -0.2) is 0 Å². The predicted molar refractivity (Wildman–Crippen MR) is 64.9 cm³/mol. The standard InChI is InChI=1S/C13H22O5/c1-6-7-13(4)10(15-5)8-9(11(14)18-13)17-12(2,3)16-8/h6,8-11,14H,1,7H2,2-5H3. The molecule has 2 fully saturated rings. The SMILES string of the molecule is C=CCC1(C)OC(O)C2OC(C)(C)OC2C1OC. The van der Waals surface area contributed by atoms with Gasteiger partial charge in [0.2, 0.25) is 0 Å². The first-order valence-corrected chi connectivity index (χ1v) is 6.18. The summed E-state index contributed by atoms with van der Waals surface area (Å²) in [6.45, 7) is 9.23. The zero-order valence-electron chi connectivity index (χ0n) is 11.4. The van der Waals surface area contributed by atoms with E-state index in [9.17, 15) is 5.11 Å². The van der Waals surface area contributed by atoms with Gasteiger partial charge in [0.15, 0.2) is 12.1 Å². The number of rotatable bonds is 3. The number of hydrogen-bond donors (Lipinski definition) is 1. The number of hydrogen-bond acceptors (Lipinski definition) is 5. The molecule has 0 aromatic heterocycles. The Bertz CT molecular complexity index is 329. The van der Waals surface area contributed by atoms with Crippen LogP contribution in [0.1, 0.15) is 27.2 Å². The quantitative estimate of drug-likeness (QED) is 0.771. The first kappa shape index (κ1) is 14.0. The molecule has 1 N–H and O–H groups in total. The number of fused-ring (bicyclic) bond motifs is 1. The minimum atomic E-state index is -1.02. The largest absolute Gasteiger partial charge is 0.376 e. The molecule has 2 heterocycles.